The van der Waals surface area contributed by atoms with Crippen LogP contribution in [0, 0.1) is 0 Å². The summed E-state index contributed by atoms with van der Waals surface area (Å²) in [6, 6.07) is 8.64. The molecule has 1 aromatic carbocycles. The summed E-state index contributed by atoms with van der Waals surface area (Å²) in [5.74, 6) is -0.291. The maximum absolute atomic E-state index is 12.4. The molecule has 0 aliphatic heterocycles. The van der Waals surface area contributed by atoms with E-state index in [0.717, 1.165) is 6.42 Å². The molecule has 2 rings (SSSR count). The predicted molar refractivity (Wildman–Crippen MR) is 82.7 cm³/mol. The van der Waals surface area contributed by atoms with Crippen molar-refractivity contribution in [3.05, 3.63) is 51.2 Å². The molecule has 1 aromatic heterocycles. The number of phenols is 1. The quantitative estimate of drug-likeness (QED) is 0.933. The standard InChI is InChI=1S/C15H16ClNO2S/c1-10(8-12-4-3-7-20-12)17(2)15(19)13-6-5-11(16)9-14(13)18/h3-7,9-10,18H,8H2,1-2H3. The Balaban J connectivity index is 2.11. The van der Waals surface area contributed by atoms with Crippen molar-refractivity contribution in [1.82, 2.24) is 4.90 Å². The lowest BCUT2D eigenvalue weighted by Crippen LogP contribution is -2.36. The molecule has 0 aliphatic carbocycles. The van der Waals surface area contributed by atoms with Crippen LogP contribution in [-0.2, 0) is 6.42 Å². The number of carbonyl (C=O) groups excluding carboxylic acids is 1. The number of nitrogens with zero attached hydrogens (tertiary/aromatic N) is 1. The molecule has 1 heterocycles. The number of thiophene rings is 1. The van der Waals surface area contributed by atoms with Gasteiger partial charge in [0.25, 0.3) is 5.91 Å². The Morgan fingerprint density at radius 3 is 2.80 bits per heavy atom. The number of aromatic hydroxyl groups is 1. The van der Waals surface area contributed by atoms with Crippen LogP contribution in [0.4, 0.5) is 0 Å². The van der Waals surface area contributed by atoms with Gasteiger partial charge in [0, 0.05) is 29.4 Å². The molecule has 5 heteroatoms. The van der Waals surface area contributed by atoms with Crippen LogP contribution >= 0.6 is 22.9 Å². The first-order valence-corrected chi connectivity index (χ1v) is 7.53. The van der Waals surface area contributed by atoms with E-state index in [9.17, 15) is 9.90 Å². The van der Waals surface area contributed by atoms with Crippen LogP contribution in [0.2, 0.25) is 5.02 Å². The molecule has 1 amide bonds. The van der Waals surface area contributed by atoms with Gasteiger partial charge in [-0.25, -0.2) is 0 Å². The Labute approximate surface area is 127 Å². The van der Waals surface area contributed by atoms with Crippen molar-refractivity contribution in [3.63, 3.8) is 0 Å². The van der Waals surface area contributed by atoms with Crippen molar-refractivity contribution in [2.24, 2.45) is 0 Å². The second kappa shape index (κ2) is 6.29. The van der Waals surface area contributed by atoms with E-state index in [1.807, 2.05) is 18.4 Å². The third-order valence-electron chi connectivity index (χ3n) is 3.25. The van der Waals surface area contributed by atoms with Gasteiger partial charge in [-0.3, -0.25) is 4.79 Å². The number of phenolic OH excluding ortho intramolecular Hbond substituents is 1. The number of halogens is 1. The monoisotopic (exact) mass is 309 g/mol. The fraction of sp³-hybridized carbons (Fsp3) is 0.267. The molecule has 0 radical (unpaired) electrons. The van der Waals surface area contributed by atoms with Crippen molar-refractivity contribution in [3.8, 4) is 5.75 Å². The summed E-state index contributed by atoms with van der Waals surface area (Å²) in [6.45, 7) is 1.99. The first kappa shape index (κ1) is 14.9. The number of likely N-dealkylation sites (N-methyl/N-ethyl adjacent to an activating group) is 1. The molecule has 1 N–H and O–H groups in total. The van der Waals surface area contributed by atoms with Crippen molar-refractivity contribution < 1.29 is 9.90 Å². The second-order valence-electron chi connectivity index (χ2n) is 4.71. The van der Waals surface area contributed by atoms with Crippen LogP contribution in [0.5, 0.6) is 5.75 Å². The zero-order chi connectivity index (χ0) is 14.7. The minimum absolute atomic E-state index is 0.0521. The molecule has 0 aliphatic rings. The zero-order valence-corrected chi connectivity index (χ0v) is 12.9. The first-order valence-electron chi connectivity index (χ1n) is 6.27. The van der Waals surface area contributed by atoms with Crippen LogP contribution < -0.4 is 0 Å². The van der Waals surface area contributed by atoms with Gasteiger partial charge in [-0.2, -0.15) is 0 Å². The Hall–Kier alpha value is -1.52. The summed E-state index contributed by atoms with van der Waals surface area (Å²) >= 11 is 7.45. The Morgan fingerprint density at radius 1 is 1.45 bits per heavy atom. The van der Waals surface area contributed by atoms with E-state index in [-0.39, 0.29) is 23.3 Å². The highest BCUT2D eigenvalue weighted by molar-refractivity contribution is 7.09. The van der Waals surface area contributed by atoms with Crippen molar-refractivity contribution in [2.75, 3.05) is 7.05 Å². The largest absolute Gasteiger partial charge is 0.507 e. The first-order chi connectivity index (χ1) is 9.49. The van der Waals surface area contributed by atoms with E-state index in [1.54, 1.807) is 35.4 Å². The van der Waals surface area contributed by atoms with Gasteiger partial charge >= 0.3 is 0 Å². The topological polar surface area (TPSA) is 40.5 Å². The third kappa shape index (κ3) is 3.32. The average Bonchev–Trinajstić information content (AvgIpc) is 2.90. The van der Waals surface area contributed by atoms with E-state index >= 15 is 0 Å². The van der Waals surface area contributed by atoms with Crippen LogP contribution in [0.15, 0.2) is 35.7 Å². The van der Waals surface area contributed by atoms with Gasteiger partial charge in [0.1, 0.15) is 5.75 Å². The summed E-state index contributed by atoms with van der Waals surface area (Å²) in [6.07, 6.45) is 0.800. The number of carbonyl (C=O) groups is 1. The lowest BCUT2D eigenvalue weighted by Gasteiger charge is -2.25. The van der Waals surface area contributed by atoms with Gasteiger partial charge in [0.2, 0.25) is 0 Å². The van der Waals surface area contributed by atoms with E-state index < -0.39 is 0 Å². The molecule has 0 spiro atoms. The molecule has 2 aromatic rings. The van der Waals surface area contributed by atoms with Gasteiger partial charge in [-0.05, 0) is 36.6 Å². The van der Waals surface area contributed by atoms with Crippen molar-refractivity contribution >= 4 is 28.8 Å². The summed E-state index contributed by atoms with van der Waals surface area (Å²) in [5, 5.41) is 12.3. The van der Waals surface area contributed by atoms with Gasteiger partial charge in [-0.15, -0.1) is 11.3 Å². The molecule has 0 bridgehead atoms. The molecule has 3 nitrogen and oxygen atoms in total. The normalized spacial score (nSPS) is 12.2. The van der Waals surface area contributed by atoms with Crippen LogP contribution in [-0.4, -0.2) is 29.0 Å². The smallest absolute Gasteiger partial charge is 0.257 e. The Morgan fingerprint density at radius 2 is 2.20 bits per heavy atom. The third-order valence-corrected chi connectivity index (χ3v) is 4.38. The van der Waals surface area contributed by atoms with Gasteiger partial charge < -0.3 is 10.0 Å². The van der Waals surface area contributed by atoms with Crippen molar-refractivity contribution in [2.45, 2.75) is 19.4 Å². The average molecular weight is 310 g/mol. The fourth-order valence-corrected chi connectivity index (χ4v) is 2.93. The molecular weight excluding hydrogens is 294 g/mol. The number of rotatable bonds is 4. The SMILES string of the molecule is CC(Cc1cccs1)N(C)C(=O)c1ccc(Cl)cc1O. The predicted octanol–water partition coefficient (Wildman–Crippen LogP) is 3.81. The molecule has 0 saturated carbocycles. The number of hydrogen-bond donors (Lipinski definition) is 1. The summed E-state index contributed by atoms with van der Waals surface area (Å²) in [5.41, 5.74) is 0.273. The van der Waals surface area contributed by atoms with E-state index in [4.69, 9.17) is 11.6 Å². The summed E-state index contributed by atoms with van der Waals surface area (Å²) in [4.78, 5) is 15.2. The van der Waals surface area contributed by atoms with Crippen LogP contribution in [0.25, 0.3) is 0 Å². The van der Waals surface area contributed by atoms with E-state index in [0.29, 0.717) is 5.02 Å². The van der Waals surface area contributed by atoms with Crippen molar-refractivity contribution in [1.29, 1.82) is 0 Å². The molecule has 20 heavy (non-hydrogen) atoms. The zero-order valence-electron chi connectivity index (χ0n) is 11.3. The van der Waals surface area contributed by atoms with Gasteiger partial charge in [0.05, 0.1) is 5.56 Å². The van der Waals surface area contributed by atoms with Crippen LogP contribution in [0.3, 0.4) is 0 Å². The highest BCUT2D eigenvalue weighted by atomic mass is 35.5. The molecule has 0 saturated heterocycles. The molecule has 1 unspecified atom stereocenters. The fourth-order valence-electron chi connectivity index (χ4n) is 1.93. The molecule has 1 atom stereocenters. The second-order valence-corrected chi connectivity index (χ2v) is 6.18. The lowest BCUT2D eigenvalue weighted by molar-refractivity contribution is 0.0741. The van der Waals surface area contributed by atoms with E-state index in [2.05, 4.69) is 6.07 Å². The minimum Gasteiger partial charge on any atom is -0.507 e. The minimum atomic E-state index is -0.205. The highest BCUT2D eigenvalue weighted by Crippen LogP contribution is 2.24. The number of benzene rings is 1. The Kier molecular flexibility index (Phi) is 4.68. The highest BCUT2D eigenvalue weighted by Gasteiger charge is 2.20. The van der Waals surface area contributed by atoms with Crippen LogP contribution in [0.1, 0.15) is 22.2 Å². The maximum atomic E-state index is 12.4. The van der Waals surface area contributed by atoms with Gasteiger partial charge in [0.15, 0.2) is 0 Å². The lowest BCUT2D eigenvalue weighted by atomic mass is 10.1. The molecular formula is C15H16ClNO2S. The number of hydrogen-bond acceptors (Lipinski definition) is 3. The molecule has 0 fully saturated rings. The maximum Gasteiger partial charge on any atom is 0.257 e. The summed E-state index contributed by atoms with van der Waals surface area (Å²) < 4.78 is 0. The summed E-state index contributed by atoms with van der Waals surface area (Å²) in [7, 11) is 1.74. The van der Waals surface area contributed by atoms with E-state index in [1.165, 1.54) is 10.9 Å². The van der Waals surface area contributed by atoms with Gasteiger partial charge in [-0.1, -0.05) is 17.7 Å². The Bertz CT molecular complexity index is 598. The molecule has 106 valence electrons. The number of amides is 1.